The van der Waals surface area contributed by atoms with Crippen LogP contribution >= 0.6 is 0 Å². The van der Waals surface area contributed by atoms with Crippen LogP contribution in [0.15, 0.2) is 36.8 Å². The molecule has 1 aromatic carbocycles. The van der Waals surface area contributed by atoms with Crippen molar-refractivity contribution in [3.8, 4) is 0 Å². The quantitative estimate of drug-likeness (QED) is 0.886. The average Bonchev–Trinajstić information content (AvgIpc) is 2.93. The first-order valence-electron chi connectivity index (χ1n) is 7.63. The van der Waals surface area contributed by atoms with Crippen molar-refractivity contribution in [3.63, 3.8) is 0 Å². The number of aryl methyl sites for hydroxylation is 1. The second kappa shape index (κ2) is 6.76. The van der Waals surface area contributed by atoms with E-state index in [4.69, 9.17) is 5.73 Å². The van der Waals surface area contributed by atoms with Gasteiger partial charge in [-0.2, -0.15) is 0 Å². The second-order valence-electron chi connectivity index (χ2n) is 5.70. The molecule has 0 fully saturated rings. The third kappa shape index (κ3) is 3.27. The topological polar surface area (TPSA) is 47.1 Å². The van der Waals surface area contributed by atoms with Gasteiger partial charge < -0.3 is 15.2 Å². The molecule has 1 atom stereocenters. The summed E-state index contributed by atoms with van der Waals surface area (Å²) in [5.41, 5.74) is 9.75. The molecule has 114 valence electrons. The molecule has 0 saturated carbocycles. The Morgan fingerprint density at radius 2 is 2.10 bits per heavy atom. The molecule has 0 aliphatic heterocycles. The lowest BCUT2D eigenvalue weighted by Gasteiger charge is -2.33. The summed E-state index contributed by atoms with van der Waals surface area (Å²) in [6.07, 6.45) is 3.84. The van der Waals surface area contributed by atoms with E-state index in [9.17, 15) is 0 Å². The maximum Gasteiger partial charge on any atom is 0.0951 e. The summed E-state index contributed by atoms with van der Waals surface area (Å²) >= 11 is 0. The highest BCUT2D eigenvalue weighted by Gasteiger charge is 2.22. The standard InChI is InChI=1S/C17H26N4/c1-5-20(15-8-6-7-14(4)9-15)16(10-18)17-11-19-12-21(17)13(2)3/h6-9,11-13,16H,5,10,18H2,1-4H3. The maximum absolute atomic E-state index is 6.10. The molecular weight excluding hydrogens is 260 g/mol. The highest BCUT2D eigenvalue weighted by Crippen LogP contribution is 2.28. The van der Waals surface area contributed by atoms with Crippen LogP contribution in [0.25, 0.3) is 0 Å². The minimum atomic E-state index is 0.140. The van der Waals surface area contributed by atoms with Crippen molar-refractivity contribution in [2.75, 3.05) is 18.0 Å². The van der Waals surface area contributed by atoms with Crippen molar-refractivity contribution >= 4 is 5.69 Å². The van der Waals surface area contributed by atoms with Gasteiger partial charge in [-0.15, -0.1) is 0 Å². The number of nitrogens with zero attached hydrogens (tertiary/aromatic N) is 3. The number of rotatable bonds is 6. The molecule has 0 bridgehead atoms. The van der Waals surface area contributed by atoms with Crippen LogP contribution in [0.2, 0.25) is 0 Å². The number of hydrogen-bond donors (Lipinski definition) is 1. The van der Waals surface area contributed by atoms with Crippen molar-refractivity contribution in [1.82, 2.24) is 9.55 Å². The lowest BCUT2D eigenvalue weighted by atomic mass is 10.1. The van der Waals surface area contributed by atoms with Gasteiger partial charge in [0.1, 0.15) is 0 Å². The number of anilines is 1. The molecular formula is C17H26N4. The predicted octanol–water partition coefficient (Wildman–Crippen LogP) is 3.30. The molecule has 2 aromatic rings. The summed E-state index contributed by atoms with van der Waals surface area (Å²) in [7, 11) is 0. The molecule has 0 aliphatic carbocycles. The second-order valence-corrected chi connectivity index (χ2v) is 5.70. The molecule has 1 unspecified atom stereocenters. The largest absolute Gasteiger partial charge is 0.362 e. The fourth-order valence-corrected chi connectivity index (χ4v) is 2.80. The Kier molecular flexibility index (Phi) is 5.02. The molecule has 0 amide bonds. The van der Waals surface area contributed by atoms with Gasteiger partial charge in [0, 0.05) is 24.8 Å². The highest BCUT2D eigenvalue weighted by atomic mass is 15.2. The van der Waals surface area contributed by atoms with Crippen molar-refractivity contribution < 1.29 is 0 Å². The van der Waals surface area contributed by atoms with Gasteiger partial charge in [-0.1, -0.05) is 12.1 Å². The summed E-state index contributed by atoms with van der Waals surface area (Å²) in [6, 6.07) is 9.10. The van der Waals surface area contributed by atoms with E-state index in [1.165, 1.54) is 16.9 Å². The minimum absolute atomic E-state index is 0.140. The zero-order valence-electron chi connectivity index (χ0n) is 13.5. The van der Waals surface area contributed by atoms with Crippen LogP contribution in [0.1, 0.15) is 44.1 Å². The van der Waals surface area contributed by atoms with E-state index in [1.807, 2.05) is 12.5 Å². The molecule has 0 saturated heterocycles. The third-order valence-corrected chi connectivity index (χ3v) is 3.87. The average molecular weight is 286 g/mol. The molecule has 2 N–H and O–H groups in total. The Bertz CT molecular complexity index is 574. The third-order valence-electron chi connectivity index (χ3n) is 3.87. The van der Waals surface area contributed by atoms with Crippen LogP contribution in [0.5, 0.6) is 0 Å². The van der Waals surface area contributed by atoms with E-state index < -0.39 is 0 Å². The Morgan fingerprint density at radius 3 is 2.67 bits per heavy atom. The summed E-state index contributed by atoms with van der Waals surface area (Å²) < 4.78 is 2.20. The van der Waals surface area contributed by atoms with Gasteiger partial charge in [0.25, 0.3) is 0 Å². The Morgan fingerprint density at radius 1 is 1.33 bits per heavy atom. The first-order valence-corrected chi connectivity index (χ1v) is 7.63. The van der Waals surface area contributed by atoms with Gasteiger partial charge in [0.15, 0.2) is 0 Å². The molecule has 0 spiro atoms. The van der Waals surface area contributed by atoms with E-state index in [-0.39, 0.29) is 6.04 Å². The van der Waals surface area contributed by atoms with Gasteiger partial charge in [-0.3, -0.25) is 0 Å². The molecule has 0 aliphatic rings. The number of nitrogens with two attached hydrogens (primary N) is 1. The van der Waals surface area contributed by atoms with Gasteiger partial charge in [-0.05, 0) is 45.4 Å². The lowest BCUT2D eigenvalue weighted by Crippen LogP contribution is -2.35. The Balaban J connectivity index is 2.40. The molecule has 4 heteroatoms. The molecule has 2 rings (SSSR count). The van der Waals surface area contributed by atoms with Crippen molar-refractivity contribution in [3.05, 3.63) is 48.0 Å². The van der Waals surface area contributed by atoms with Crippen LogP contribution < -0.4 is 10.6 Å². The van der Waals surface area contributed by atoms with Gasteiger partial charge in [0.2, 0.25) is 0 Å². The Hall–Kier alpha value is -1.81. The first kappa shape index (κ1) is 15.6. The summed E-state index contributed by atoms with van der Waals surface area (Å²) in [5, 5.41) is 0. The van der Waals surface area contributed by atoms with Crippen molar-refractivity contribution in [1.29, 1.82) is 0 Å². The lowest BCUT2D eigenvalue weighted by molar-refractivity contribution is 0.524. The van der Waals surface area contributed by atoms with Crippen LogP contribution in [0.4, 0.5) is 5.69 Å². The van der Waals surface area contributed by atoms with Gasteiger partial charge >= 0.3 is 0 Å². The monoisotopic (exact) mass is 286 g/mol. The van der Waals surface area contributed by atoms with E-state index in [1.54, 1.807) is 0 Å². The number of hydrogen-bond acceptors (Lipinski definition) is 3. The van der Waals surface area contributed by atoms with E-state index in [2.05, 4.69) is 66.4 Å². The normalized spacial score (nSPS) is 12.7. The number of benzene rings is 1. The van der Waals surface area contributed by atoms with Crippen LogP contribution in [0, 0.1) is 6.92 Å². The smallest absolute Gasteiger partial charge is 0.0951 e. The van der Waals surface area contributed by atoms with E-state index in [0.717, 1.165) is 6.54 Å². The predicted molar refractivity (Wildman–Crippen MR) is 88.6 cm³/mol. The minimum Gasteiger partial charge on any atom is -0.362 e. The van der Waals surface area contributed by atoms with Crippen LogP contribution in [0.3, 0.4) is 0 Å². The Labute approximate surface area is 127 Å². The fourth-order valence-electron chi connectivity index (χ4n) is 2.80. The van der Waals surface area contributed by atoms with Crippen LogP contribution in [-0.4, -0.2) is 22.6 Å². The maximum atomic E-state index is 6.10. The van der Waals surface area contributed by atoms with Gasteiger partial charge in [-0.25, -0.2) is 4.98 Å². The number of likely N-dealkylation sites (N-methyl/N-ethyl adjacent to an activating group) is 1. The summed E-state index contributed by atoms with van der Waals surface area (Å²) in [4.78, 5) is 6.67. The molecule has 4 nitrogen and oxygen atoms in total. The molecule has 0 radical (unpaired) electrons. The molecule has 21 heavy (non-hydrogen) atoms. The summed E-state index contributed by atoms with van der Waals surface area (Å²) in [5.74, 6) is 0. The summed E-state index contributed by atoms with van der Waals surface area (Å²) in [6.45, 7) is 10.1. The van der Waals surface area contributed by atoms with E-state index in [0.29, 0.717) is 12.6 Å². The number of aromatic nitrogens is 2. The van der Waals surface area contributed by atoms with Crippen molar-refractivity contribution in [2.45, 2.75) is 39.8 Å². The van der Waals surface area contributed by atoms with Crippen molar-refractivity contribution in [2.24, 2.45) is 5.73 Å². The SMILES string of the molecule is CCN(c1cccc(C)c1)C(CN)c1cncn1C(C)C. The zero-order valence-corrected chi connectivity index (χ0v) is 13.5. The molecule has 1 aromatic heterocycles. The highest BCUT2D eigenvalue weighted by molar-refractivity contribution is 5.50. The van der Waals surface area contributed by atoms with Gasteiger partial charge in [0.05, 0.1) is 24.3 Å². The van der Waals surface area contributed by atoms with Crippen LogP contribution in [-0.2, 0) is 0 Å². The van der Waals surface area contributed by atoms with E-state index >= 15 is 0 Å². The number of imidazole rings is 1. The fraction of sp³-hybridized carbons (Fsp3) is 0.471. The first-order chi connectivity index (χ1) is 10.1. The zero-order chi connectivity index (χ0) is 15.4. The molecule has 1 heterocycles.